The quantitative estimate of drug-likeness (QED) is 0.305. The lowest BCUT2D eigenvalue weighted by atomic mass is 10.1. The fraction of sp³-hybridized carbons (Fsp3) is 0.476. The van der Waals surface area contributed by atoms with Gasteiger partial charge in [0.15, 0.2) is 0 Å². The second-order valence-corrected chi connectivity index (χ2v) is 10.8. The molecule has 0 amide bonds. The van der Waals surface area contributed by atoms with Crippen molar-refractivity contribution >= 4 is 42.6 Å². The summed E-state index contributed by atoms with van der Waals surface area (Å²) in [6, 6.07) is 5.32. The average Bonchev–Trinajstić information content (AvgIpc) is 3.02. The van der Waals surface area contributed by atoms with Gasteiger partial charge in [-0.2, -0.15) is 0 Å². The van der Waals surface area contributed by atoms with Crippen molar-refractivity contribution < 1.29 is 18.7 Å². The molecule has 1 aromatic carbocycles. The van der Waals surface area contributed by atoms with Gasteiger partial charge in [-0.1, -0.05) is 60.7 Å². The maximum absolute atomic E-state index is 12.6. The molecule has 0 atom stereocenters. The Morgan fingerprint density at radius 3 is 2.29 bits per heavy atom. The van der Waals surface area contributed by atoms with Crippen molar-refractivity contribution in [2.45, 2.75) is 56.7 Å². The second kappa shape index (κ2) is 12.3. The smallest absolute Gasteiger partial charge is 0.342 e. The van der Waals surface area contributed by atoms with Crippen LogP contribution < -0.4 is 0 Å². The van der Waals surface area contributed by atoms with Crippen LogP contribution in [0.3, 0.4) is 0 Å². The van der Waals surface area contributed by atoms with Crippen molar-refractivity contribution in [3.05, 3.63) is 39.8 Å². The Morgan fingerprint density at radius 1 is 1.16 bits per heavy atom. The van der Waals surface area contributed by atoms with E-state index in [1.54, 1.807) is 19.9 Å². The van der Waals surface area contributed by atoms with E-state index in [9.17, 15) is 9.67 Å². The first kappa shape index (κ1) is 26.3. The average molecular weight is 505 g/mol. The fourth-order valence-corrected chi connectivity index (χ4v) is 6.04. The highest BCUT2D eigenvalue weighted by atomic mass is 35.5. The van der Waals surface area contributed by atoms with Crippen LogP contribution in [-0.4, -0.2) is 34.0 Å². The highest BCUT2D eigenvalue weighted by molar-refractivity contribution is 7.99. The predicted molar refractivity (Wildman–Crippen MR) is 126 cm³/mol. The molecular weight excluding hydrogens is 478 g/mol. The van der Waals surface area contributed by atoms with Crippen molar-refractivity contribution in [2.24, 2.45) is 0 Å². The number of aliphatic hydroxyl groups is 1. The molecule has 2 rings (SSSR count). The Morgan fingerprint density at radius 2 is 1.77 bits per heavy atom. The summed E-state index contributed by atoms with van der Waals surface area (Å²) in [7, 11) is -3.23. The molecule has 10 heteroatoms. The maximum Gasteiger partial charge on any atom is 0.342 e. The maximum atomic E-state index is 12.6. The first-order chi connectivity index (χ1) is 14.7. The van der Waals surface area contributed by atoms with Crippen LogP contribution in [0.4, 0.5) is 0 Å². The van der Waals surface area contributed by atoms with Crippen LogP contribution in [0.15, 0.2) is 28.1 Å². The molecule has 1 heterocycles. The van der Waals surface area contributed by atoms with Crippen LogP contribution in [0.25, 0.3) is 0 Å². The van der Waals surface area contributed by atoms with Crippen LogP contribution in [0.1, 0.15) is 45.1 Å². The summed E-state index contributed by atoms with van der Waals surface area (Å²) in [6.45, 7) is 8.21. The molecule has 6 nitrogen and oxygen atoms in total. The lowest BCUT2D eigenvalue weighted by Gasteiger charge is -2.14. The van der Waals surface area contributed by atoms with E-state index in [1.807, 2.05) is 30.5 Å². The molecule has 2 aromatic rings. The Hall–Kier alpha value is -0.970. The van der Waals surface area contributed by atoms with Gasteiger partial charge < -0.3 is 18.7 Å². The molecule has 1 N–H and O–H groups in total. The number of hydrogen-bond acceptors (Lipinski definition) is 6. The molecule has 170 valence electrons. The minimum absolute atomic E-state index is 0.00124. The number of aromatic nitrogens is 2. The van der Waals surface area contributed by atoms with Crippen molar-refractivity contribution in [1.29, 1.82) is 0 Å². The van der Waals surface area contributed by atoms with Gasteiger partial charge in [0.05, 0.1) is 25.5 Å². The normalized spacial score (nSPS) is 11.6. The SMILES string of the molecule is CCOP(=O)(CC#CCn1c(CO)nc(C(C)C)c1Sc1cc(Cl)cc(Cl)c1)OCC. The van der Waals surface area contributed by atoms with Crippen molar-refractivity contribution in [3.63, 3.8) is 0 Å². The van der Waals surface area contributed by atoms with E-state index in [0.717, 1.165) is 15.6 Å². The molecule has 0 bridgehead atoms. The van der Waals surface area contributed by atoms with E-state index in [1.165, 1.54) is 11.8 Å². The van der Waals surface area contributed by atoms with Crippen LogP contribution in [0, 0.1) is 11.8 Å². The van der Waals surface area contributed by atoms with Crippen LogP contribution in [0.2, 0.25) is 10.0 Å². The monoisotopic (exact) mass is 504 g/mol. The highest BCUT2D eigenvalue weighted by Gasteiger charge is 2.22. The van der Waals surface area contributed by atoms with Gasteiger partial charge in [-0.25, -0.2) is 4.98 Å². The van der Waals surface area contributed by atoms with Gasteiger partial charge in [0.2, 0.25) is 0 Å². The molecule has 31 heavy (non-hydrogen) atoms. The Kier molecular flexibility index (Phi) is 10.4. The predicted octanol–water partition coefficient (Wildman–Crippen LogP) is 6.23. The number of imidazole rings is 1. The third kappa shape index (κ3) is 7.54. The van der Waals surface area contributed by atoms with Gasteiger partial charge in [0.1, 0.15) is 23.6 Å². The second-order valence-electron chi connectivity index (χ2n) is 6.78. The molecule has 0 radical (unpaired) electrons. The summed E-state index contributed by atoms with van der Waals surface area (Å²) in [5.41, 5.74) is 0.848. The molecular formula is C21H27Cl2N2O4PS. The summed E-state index contributed by atoms with van der Waals surface area (Å²) >= 11 is 13.8. The van der Waals surface area contributed by atoms with Gasteiger partial charge in [-0.3, -0.25) is 4.57 Å². The molecule has 0 fully saturated rings. The first-order valence-corrected chi connectivity index (χ1v) is 13.2. The van der Waals surface area contributed by atoms with Gasteiger partial charge in [-0.05, 0) is 38.0 Å². The van der Waals surface area contributed by atoms with E-state index in [2.05, 4.69) is 16.8 Å². The van der Waals surface area contributed by atoms with Gasteiger partial charge in [0.25, 0.3) is 0 Å². The largest absolute Gasteiger partial charge is 0.388 e. The summed E-state index contributed by atoms with van der Waals surface area (Å²) in [5.74, 6) is 6.55. The molecule has 0 aliphatic heterocycles. The standard InChI is InChI=1S/C21H27Cl2N2O4PS/c1-5-28-30(27,29-6-2)10-8-7-9-25-19(14-26)24-20(15(3)4)21(25)31-18-12-16(22)11-17(23)13-18/h11-13,15,26H,5-6,9-10,14H2,1-4H3. The summed E-state index contributed by atoms with van der Waals surface area (Å²) in [6.07, 6.45) is 0.00124. The van der Waals surface area contributed by atoms with Crippen molar-refractivity contribution in [1.82, 2.24) is 9.55 Å². The highest BCUT2D eigenvalue weighted by Crippen LogP contribution is 2.47. The zero-order valence-electron chi connectivity index (χ0n) is 18.0. The minimum Gasteiger partial charge on any atom is -0.388 e. The zero-order valence-corrected chi connectivity index (χ0v) is 21.2. The zero-order chi connectivity index (χ0) is 23.0. The number of hydrogen-bond donors (Lipinski definition) is 1. The van der Waals surface area contributed by atoms with E-state index in [0.29, 0.717) is 15.9 Å². The molecule has 1 aromatic heterocycles. The molecule has 0 saturated carbocycles. The minimum atomic E-state index is -3.23. The third-order valence-corrected chi connectivity index (χ3v) is 7.43. The fourth-order valence-electron chi connectivity index (χ4n) is 2.78. The molecule has 0 saturated heterocycles. The van der Waals surface area contributed by atoms with Gasteiger partial charge in [0, 0.05) is 14.9 Å². The number of aliphatic hydroxyl groups excluding tert-OH is 1. The van der Waals surface area contributed by atoms with Gasteiger partial charge in [-0.15, -0.1) is 0 Å². The molecule has 0 unspecified atom stereocenters. The number of benzene rings is 1. The van der Waals surface area contributed by atoms with Crippen molar-refractivity contribution in [3.8, 4) is 11.8 Å². The van der Waals surface area contributed by atoms with E-state index in [4.69, 9.17) is 32.2 Å². The van der Waals surface area contributed by atoms with Crippen LogP contribution in [0.5, 0.6) is 0 Å². The Labute approximate surface area is 198 Å². The summed E-state index contributed by atoms with van der Waals surface area (Å²) in [4.78, 5) is 5.47. The lowest BCUT2D eigenvalue weighted by molar-refractivity contribution is 0.223. The third-order valence-electron chi connectivity index (χ3n) is 4.05. The molecule has 0 aliphatic rings. The lowest BCUT2D eigenvalue weighted by Crippen LogP contribution is -2.05. The van der Waals surface area contributed by atoms with E-state index >= 15 is 0 Å². The number of rotatable bonds is 10. The van der Waals surface area contributed by atoms with Crippen molar-refractivity contribution in [2.75, 3.05) is 19.4 Å². The summed E-state index contributed by atoms with van der Waals surface area (Å²) in [5, 5.41) is 11.8. The molecule has 0 aliphatic carbocycles. The van der Waals surface area contributed by atoms with Gasteiger partial charge >= 0.3 is 7.60 Å². The van der Waals surface area contributed by atoms with Crippen LogP contribution in [-0.2, 0) is 26.8 Å². The Bertz CT molecular complexity index is 971. The Balaban J connectivity index is 2.35. The molecule has 0 spiro atoms. The number of halogens is 2. The van der Waals surface area contributed by atoms with Crippen LogP contribution >= 0.6 is 42.6 Å². The topological polar surface area (TPSA) is 73.6 Å². The first-order valence-electron chi connectivity index (χ1n) is 9.90. The van der Waals surface area contributed by atoms with E-state index in [-0.39, 0.29) is 38.4 Å². The summed E-state index contributed by atoms with van der Waals surface area (Å²) < 4.78 is 25.0. The van der Waals surface area contributed by atoms with E-state index < -0.39 is 7.60 Å². The number of nitrogens with zero attached hydrogens (tertiary/aromatic N) is 2.